The first-order valence-electron chi connectivity index (χ1n) is 25.2. The summed E-state index contributed by atoms with van der Waals surface area (Å²) in [5.41, 5.74) is 4.39. The fourth-order valence-electron chi connectivity index (χ4n) is 7.70. The number of ether oxygens (including phenoxy) is 4. The lowest BCUT2D eigenvalue weighted by Gasteiger charge is -2.35. The van der Waals surface area contributed by atoms with Crippen LogP contribution in [0.3, 0.4) is 0 Å². The molecular formula is C50H102N2O6. The molecule has 1 saturated heterocycles. The van der Waals surface area contributed by atoms with Crippen LogP contribution in [0.1, 0.15) is 254 Å². The van der Waals surface area contributed by atoms with Crippen LogP contribution in [0.25, 0.3) is 0 Å². The van der Waals surface area contributed by atoms with Crippen LogP contribution in [-0.2, 0) is 18.9 Å². The van der Waals surface area contributed by atoms with Crippen molar-refractivity contribution in [1.82, 2.24) is 4.90 Å². The van der Waals surface area contributed by atoms with Crippen molar-refractivity contribution in [3.05, 3.63) is 0 Å². The number of aliphatic hydroxyl groups is 1. The van der Waals surface area contributed by atoms with Gasteiger partial charge in [0.2, 0.25) is 0 Å². The molecule has 0 saturated carbocycles. The van der Waals surface area contributed by atoms with Crippen LogP contribution in [0.15, 0.2) is 0 Å². The maximum atomic E-state index is 12.6. The van der Waals surface area contributed by atoms with Gasteiger partial charge < -0.3 is 29.8 Å². The van der Waals surface area contributed by atoms with E-state index in [1.807, 2.05) is 34.6 Å². The maximum Gasteiger partial charge on any atom is 0.412 e. The number of nitrogens with two attached hydrogens (primary N) is 1. The van der Waals surface area contributed by atoms with E-state index < -0.39 is 11.3 Å². The second kappa shape index (κ2) is 40.2. The molecule has 0 unspecified atom stereocenters. The molecule has 0 bridgehead atoms. The Labute approximate surface area is 361 Å². The summed E-state index contributed by atoms with van der Waals surface area (Å²) in [6, 6.07) is -0.308. The van der Waals surface area contributed by atoms with E-state index in [1.165, 1.54) is 193 Å². The van der Waals surface area contributed by atoms with Crippen molar-refractivity contribution in [2.75, 3.05) is 39.6 Å². The third-order valence-electron chi connectivity index (χ3n) is 11.3. The second-order valence-corrected chi connectivity index (χ2v) is 19.0. The van der Waals surface area contributed by atoms with Crippen molar-refractivity contribution in [3.63, 3.8) is 0 Å². The molecule has 0 aromatic carbocycles. The Morgan fingerprint density at radius 1 is 0.621 bits per heavy atom. The van der Waals surface area contributed by atoms with Crippen LogP contribution < -0.4 is 5.73 Å². The smallest absolute Gasteiger partial charge is 0.412 e. The van der Waals surface area contributed by atoms with Crippen LogP contribution in [-0.4, -0.2) is 79.2 Å². The lowest BCUT2D eigenvalue weighted by Crippen LogP contribution is -2.51. The van der Waals surface area contributed by atoms with Gasteiger partial charge in [0.1, 0.15) is 11.3 Å². The Bertz CT molecular complexity index is 866. The van der Waals surface area contributed by atoms with Crippen molar-refractivity contribution in [1.29, 1.82) is 0 Å². The highest BCUT2D eigenvalue weighted by atomic mass is 16.6. The van der Waals surface area contributed by atoms with Crippen molar-refractivity contribution < 1.29 is 28.8 Å². The number of amides is 1. The van der Waals surface area contributed by atoms with Crippen LogP contribution in [0.4, 0.5) is 4.79 Å². The van der Waals surface area contributed by atoms with Crippen LogP contribution in [0.5, 0.6) is 0 Å². The summed E-state index contributed by atoms with van der Waals surface area (Å²) in [6.07, 6.45) is 43.8. The fourth-order valence-corrected chi connectivity index (χ4v) is 7.70. The van der Waals surface area contributed by atoms with Gasteiger partial charge in [-0.05, 0) is 47.5 Å². The largest absolute Gasteiger partial charge is 0.444 e. The summed E-state index contributed by atoms with van der Waals surface area (Å²) >= 11 is 0. The average Bonchev–Trinajstić information content (AvgIpc) is 3.49. The van der Waals surface area contributed by atoms with Crippen molar-refractivity contribution in [2.45, 2.75) is 277 Å². The number of nitrogens with zero attached hydrogens (tertiary/aromatic N) is 1. The van der Waals surface area contributed by atoms with Gasteiger partial charge in [0.05, 0.1) is 38.5 Å². The zero-order valence-electron chi connectivity index (χ0n) is 40.0. The Hall–Kier alpha value is -0.930. The third kappa shape index (κ3) is 36.9. The monoisotopic (exact) mass is 827 g/mol. The molecule has 1 heterocycles. The molecule has 0 spiro atoms. The minimum absolute atomic E-state index is 0.0129. The van der Waals surface area contributed by atoms with Gasteiger partial charge in [-0.3, -0.25) is 4.90 Å². The minimum Gasteiger partial charge on any atom is -0.444 e. The second-order valence-electron chi connectivity index (χ2n) is 19.0. The van der Waals surface area contributed by atoms with Gasteiger partial charge in [-0.1, -0.05) is 206 Å². The number of unbranched alkanes of at least 4 members (excludes halogenated alkanes) is 30. The van der Waals surface area contributed by atoms with Gasteiger partial charge >= 0.3 is 6.09 Å². The molecule has 1 aliphatic heterocycles. The van der Waals surface area contributed by atoms with Crippen LogP contribution >= 0.6 is 0 Å². The summed E-state index contributed by atoms with van der Waals surface area (Å²) in [5, 5.41) is 8.77. The summed E-state index contributed by atoms with van der Waals surface area (Å²) in [4.78, 5) is 14.3. The molecule has 0 aromatic rings. The van der Waals surface area contributed by atoms with Crippen LogP contribution in [0, 0.1) is 0 Å². The van der Waals surface area contributed by atoms with Gasteiger partial charge in [0.25, 0.3) is 0 Å². The summed E-state index contributed by atoms with van der Waals surface area (Å²) in [7, 11) is 0. The topological polar surface area (TPSA) is 103 Å². The average molecular weight is 827 g/mol. The van der Waals surface area contributed by atoms with Gasteiger partial charge in [-0.15, -0.1) is 0 Å². The predicted octanol–water partition coefficient (Wildman–Crippen LogP) is 14.2. The lowest BCUT2D eigenvalue weighted by molar-refractivity contribution is -0.0655. The molecule has 8 nitrogen and oxygen atoms in total. The van der Waals surface area contributed by atoms with Gasteiger partial charge in [-0.25, -0.2) is 4.79 Å². The standard InChI is InChI=1S/C29H57NO4.C21H45NO2/c1-7-8-9-10-11-12-13-14-15-16-17-18-19-20-21-22-23-32-24-26-25-33-29(5,6)30(26)27(31)34-28(2,3)4;1-2-3-4-5-6-7-8-9-10-11-12-13-14-15-16-17-18-24-20-21(22)19-23/h26H,7-25H2,1-6H3;21,23H,2-20,22H2,1H3/t26-;21-/m10/s1. The normalized spacial score (nSPS) is 15.7. The van der Waals surface area contributed by atoms with Gasteiger partial charge in [-0.2, -0.15) is 0 Å². The summed E-state index contributed by atoms with van der Waals surface area (Å²) < 4.78 is 22.7. The quantitative estimate of drug-likeness (QED) is 0.0595. The van der Waals surface area contributed by atoms with Crippen molar-refractivity contribution in [2.24, 2.45) is 5.73 Å². The minimum atomic E-state index is -0.662. The Kier molecular flexibility index (Phi) is 39.5. The third-order valence-corrected chi connectivity index (χ3v) is 11.3. The van der Waals surface area contributed by atoms with E-state index >= 15 is 0 Å². The number of carbonyl (C=O) groups is 1. The van der Waals surface area contributed by atoms with E-state index in [4.69, 9.17) is 29.8 Å². The van der Waals surface area contributed by atoms with Crippen molar-refractivity contribution >= 4 is 6.09 Å². The molecular weight excluding hydrogens is 725 g/mol. The number of rotatable bonds is 39. The molecule has 1 amide bonds. The number of carbonyl (C=O) groups excluding carboxylic acids is 1. The van der Waals surface area contributed by atoms with E-state index in [9.17, 15) is 4.79 Å². The molecule has 1 fully saturated rings. The molecule has 58 heavy (non-hydrogen) atoms. The molecule has 348 valence electrons. The predicted molar refractivity (Wildman–Crippen MR) is 248 cm³/mol. The van der Waals surface area contributed by atoms with Crippen LogP contribution in [0.2, 0.25) is 0 Å². The summed E-state index contributed by atoms with van der Waals surface area (Å²) in [6.45, 7) is 17.1. The molecule has 3 N–H and O–H groups in total. The van der Waals surface area contributed by atoms with E-state index in [-0.39, 0.29) is 24.8 Å². The highest BCUT2D eigenvalue weighted by Crippen LogP contribution is 2.29. The Morgan fingerprint density at radius 2 is 0.948 bits per heavy atom. The molecule has 0 radical (unpaired) electrons. The highest BCUT2D eigenvalue weighted by molar-refractivity contribution is 5.69. The zero-order valence-corrected chi connectivity index (χ0v) is 40.0. The highest BCUT2D eigenvalue weighted by Gasteiger charge is 2.45. The lowest BCUT2D eigenvalue weighted by atomic mass is 10.0. The fraction of sp³-hybridized carbons (Fsp3) is 0.980. The molecule has 0 aromatic heterocycles. The van der Waals surface area contributed by atoms with Gasteiger partial charge in [0, 0.05) is 13.2 Å². The van der Waals surface area contributed by atoms with E-state index in [1.54, 1.807) is 4.90 Å². The van der Waals surface area contributed by atoms with Crippen molar-refractivity contribution in [3.8, 4) is 0 Å². The molecule has 1 aliphatic rings. The Balaban J connectivity index is 0.00000119. The first kappa shape index (κ1) is 57.1. The molecule has 2 atom stereocenters. The SMILES string of the molecule is CCCCCCCCCCCCCCCCCCOC[C@@H](N)CO.CCCCCCCCCCCCCCCCCCOC[C@@H]1COC(C)(C)N1C(=O)OC(C)(C)C. The molecule has 1 rings (SSSR count). The van der Waals surface area contributed by atoms with Gasteiger partial charge in [0.15, 0.2) is 0 Å². The zero-order chi connectivity index (χ0) is 43.0. The number of hydrogen-bond acceptors (Lipinski definition) is 7. The Morgan fingerprint density at radius 3 is 1.28 bits per heavy atom. The number of hydrogen-bond donors (Lipinski definition) is 2. The van der Waals surface area contributed by atoms with E-state index in [0.29, 0.717) is 19.8 Å². The number of aliphatic hydroxyl groups excluding tert-OH is 1. The molecule has 0 aliphatic carbocycles. The maximum absolute atomic E-state index is 12.6. The first-order valence-corrected chi connectivity index (χ1v) is 25.2. The first-order chi connectivity index (χ1) is 28.0. The van der Waals surface area contributed by atoms with E-state index in [2.05, 4.69) is 13.8 Å². The molecule has 8 heteroatoms. The van der Waals surface area contributed by atoms with E-state index in [0.717, 1.165) is 26.1 Å². The summed E-state index contributed by atoms with van der Waals surface area (Å²) in [5.74, 6) is 0.